The number of ether oxygens (including phenoxy) is 1. The molecule has 1 saturated carbocycles. The van der Waals surface area contributed by atoms with Gasteiger partial charge in [0.05, 0.1) is 12.2 Å². The Kier molecular flexibility index (Phi) is 6.44. The Labute approximate surface area is 140 Å². The summed E-state index contributed by atoms with van der Waals surface area (Å²) in [4.78, 5) is 0. The van der Waals surface area contributed by atoms with Gasteiger partial charge >= 0.3 is 6.11 Å². The summed E-state index contributed by atoms with van der Waals surface area (Å²) in [5.74, 6) is -0.258. The summed E-state index contributed by atoms with van der Waals surface area (Å²) in [5, 5.41) is 8.66. The summed E-state index contributed by atoms with van der Waals surface area (Å²) in [5.41, 5.74) is 0.186. The number of alkyl halides is 2. The highest BCUT2D eigenvalue weighted by atomic mass is 19.3. The maximum absolute atomic E-state index is 14.0. The Balaban J connectivity index is 1.83. The molecule has 5 heteroatoms. The van der Waals surface area contributed by atoms with Gasteiger partial charge in [0.25, 0.3) is 0 Å². The molecule has 0 saturated heterocycles. The van der Waals surface area contributed by atoms with Crippen LogP contribution < -0.4 is 0 Å². The average molecular weight is 337 g/mol. The van der Waals surface area contributed by atoms with Crippen LogP contribution in [0.25, 0.3) is 0 Å². The average Bonchev–Trinajstić information content (AvgIpc) is 2.55. The van der Waals surface area contributed by atoms with Gasteiger partial charge in [-0.2, -0.15) is 14.0 Å². The highest BCUT2D eigenvalue weighted by Crippen LogP contribution is 2.37. The molecule has 2 rings (SSSR count). The molecule has 1 aromatic carbocycles. The van der Waals surface area contributed by atoms with Crippen LogP contribution in [0.2, 0.25) is 0 Å². The second-order valence-corrected chi connectivity index (χ2v) is 6.36. The van der Waals surface area contributed by atoms with E-state index in [1.54, 1.807) is 6.07 Å². The monoisotopic (exact) mass is 337 g/mol. The molecule has 0 radical (unpaired) electrons. The van der Waals surface area contributed by atoms with Crippen molar-refractivity contribution in [2.24, 2.45) is 11.8 Å². The third-order valence-electron chi connectivity index (χ3n) is 4.49. The minimum atomic E-state index is -3.22. The van der Waals surface area contributed by atoms with E-state index in [0.29, 0.717) is 11.5 Å². The van der Waals surface area contributed by atoms with E-state index in [1.807, 2.05) is 13.0 Å². The molecule has 1 fully saturated rings. The van der Waals surface area contributed by atoms with Crippen molar-refractivity contribution in [1.82, 2.24) is 0 Å². The lowest BCUT2D eigenvalue weighted by molar-refractivity contribution is -0.256. The number of allylic oxidation sites excluding steroid dienone is 2. The molecule has 2 nitrogen and oxygen atoms in total. The highest BCUT2D eigenvalue weighted by molar-refractivity contribution is 5.33. The molecular formula is C19H22F3NO. The number of nitriles is 1. The molecule has 1 aromatic rings. The predicted molar refractivity (Wildman–Crippen MR) is 85.7 cm³/mol. The summed E-state index contributed by atoms with van der Waals surface area (Å²) in [6.07, 6.45) is 4.07. The van der Waals surface area contributed by atoms with E-state index >= 15 is 0 Å². The van der Waals surface area contributed by atoms with Crippen LogP contribution in [0, 0.1) is 29.0 Å². The number of hydrogen-bond donors (Lipinski definition) is 0. The van der Waals surface area contributed by atoms with Gasteiger partial charge in [-0.15, -0.1) is 0 Å². The topological polar surface area (TPSA) is 33.0 Å². The van der Waals surface area contributed by atoms with Crippen molar-refractivity contribution in [1.29, 1.82) is 5.26 Å². The minimum absolute atomic E-state index is 0.0424. The number of rotatable bonds is 6. The summed E-state index contributed by atoms with van der Waals surface area (Å²) >= 11 is 0. The van der Waals surface area contributed by atoms with Crippen LogP contribution in [0.15, 0.2) is 30.4 Å². The van der Waals surface area contributed by atoms with Crippen molar-refractivity contribution in [3.63, 3.8) is 0 Å². The van der Waals surface area contributed by atoms with Gasteiger partial charge in [-0.05, 0) is 62.1 Å². The first-order valence-electron chi connectivity index (χ1n) is 8.26. The molecule has 0 spiro atoms. The first-order chi connectivity index (χ1) is 11.4. The number of hydrogen-bond acceptors (Lipinski definition) is 2. The Morgan fingerprint density at radius 3 is 2.58 bits per heavy atom. The van der Waals surface area contributed by atoms with Crippen LogP contribution in [0.5, 0.6) is 0 Å². The molecule has 130 valence electrons. The molecule has 1 aliphatic rings. The maximum Gasteiger partial charge on any atom is 0.356 e. The minimum Gasteiger partial charge on any atom is -0.316 e. The molecule has 0 aromatic heterocycles. The molecule has 0 aliphatic heterocycles. The Morgan fingerprint density at radius 1 is 1.29 bits per heavy atom. The second-order valence-electron chi connectivity index (χ2n) is 6.36. The van der Waals surface area contributed by atoms with E-state index in [1.165, 1.54) is 12.1 Å². The van der Waals surface area contributed by atoms with Gasteiger partial charge in [-0.25, -0.2) is 4.39 Å². The predicted octanol–water partition coefficient (Wildman–Crippen LogP) is 5.58. The second kappa shape index (κ2) is 8.34. The van der Waals surface area contributed by atoms with Gasteiger partial charge in [0.2, 0.25) is 0 Å². The molecule has 24 heavy (non-hydrogen) atoms. The molecule has 0 bridgehead atoms. The molecule has 0 atom stereocenters. The van der Waals surface area contributed by atoms with Crippen molar-refractivity contribution in [3.8, 4) is 6.07 Å². The van der Waals surface area contributed by atoms with Gasteiger partial charge in [0, 0.05) is 6.42 Å². The zero-order chi connectivity index (χ0) is 17.6. The molecule has 0 amide bonds. The lowest BCUT2D eigenvalue weighted by Crippen LogP contribution is -2.26. The summed E-state index contributed by atoms with van der Waals surface area (Å²) in [6.45, 7) is 1.60. The lowest BCUT2D eigenvalue weighted by atomic mass is 9.80. The first-order valence-corrected chi connectivity index (χ1v) is 8.26. The SMILES string of the molecule is CC=C[C@H]1CC[C@H](CC(F)(F)OCc2ccc(C#N)c(F)c2)CC1. The van der Waals surface area contributed by atoms with Gasteiger partial charge in [0.1, 0.15) is 11.9 Å². The number of benzene rings is 1. The van der Waals surface area contributed by atoms with Gasteiger partial charge in [-0.3, -0.25) is 0 Å². The van der Waals surface area contributed by atoms with Gasteiger partial charge in [0.15, 0.2) is 0 Å². The fourth-order valence-corrected chi connectivity index (χ4v) is 3.18. The molecule has 0 N–H and O–H groups in total. The first kappa shape index (κ1) is 18.5. The van der Waals surface area contributed by atoms with Gasteiger partial charge < -0.3 is 4.74 Å². The Bertz CT molecular complexity index is 614. The Morgan fingerprint density at radius 2 is 2.00 bits per heavy atom. The van der Waals surface area contributed by atoms with E-state index < -0.39 is 11.9 Å². The summed E-state index contributed by atoms with van der Waals surface area (Å²) in [6, 6.07) is 5.46. The van der Waals surface area contributed by atoms with E-state index in [0.717, 1.165) is 31.7 Å². The van der Waals surface area contributed by atoms with Crippen LogP contribution in [-0.2, 0) is 11.3 Å². The van der Waals surface area contributed by atoms with Crippen molar-refractivity contribution in [2.45, 2.75) is 51.7 Å². The maximum atomic E-state index is 14.0. The van der Waals surface area contributed by atoms with Crippen molar-refractivity contribution in [2.75, 3.05) is 0 Å². The standard InChI is InChI=1S/C19H22F3NO/c1-2-3-14-4-6-15(7-5-14)11-19(21,22)24-13-16-8-9-17(12-23)18(20)10-16/h2-3,8-10,14-15H,4-7,11,13H2,1H3/t14-,15-. The van der Waals surface area contributed by atoms with Crippen LogP contribution in [0.4, 0.5) is 13.2 Å². The van der Waals surface area contributed by atoms with E-state index in [4.69, 9.17) is 10.00 Å². The molecule has 0 unspecified atom stereocenters. The lowest BCUT2D eigenvalue weighted by Gasteiger charge is -2.29. The van der Waals surface area contributed by atoms with Crippen LogP contribution in [0.3, 0.4) is 0 Å². The fourth-order valence-electron chi connectivity index (χ4n) is 3.18. The highest BCUT2D eigenvalue weighted by Gasteiger charge is 2.35. The molecule has 0 heterocycles. The fraction of sp³-hybridized carbons (Fsp3) is 0.526. The normalized spacial score (nSPS) is 21.8. The third kappa shape index (κ3) is 5.38. The van der Waals surface area contributed by atoms with E-state index in [9.17, 15) is 13.2 Å². The van der Waals surface area contributed by atoms with Crippen molar-refractivity contribution in [3.05, 3.63) is 47.3 Å². The zero-order valence-electron chi connectivity index (χ0n) is 13.8. The van der Waals surface area contributed by atoms with Crippen molar-refractivity contribution < 1.29 is 17.9 Å². The largest absolute Gasteiger partial charge is 0.356 e. The number of halogens is 3. The quantitative estimate of drug-likeness (QED) is 0.635. The zero-order valence-corrected chi connectivity index (χ0v) is 13.8. The third-order valence-corrected chi connectivity index (χ3v) is 4.49. The van der Waals surface area contributed by atoms with Crippen LogP contribution in [0.1, 0.15) is 50.2 Å². The van der Waals surface area contributed by atoms with E-state index in [-0.39, 0.29) is 24.5 Å². The van der Waals surface area contributed by atoms with E-state index in [2.05, 4.69) is 6.08 Å². The van der Waals surface area contributed by atoms with Crippen molar-refractivity contribution >= 4 is 0 Å². The Hall–Kier alpha value is -1.80. The molecule has 1 aliphatic carbocycles. The molecular weight excluding hydrogens is 315 g/mol. The number of nitrogens with zero attached hydrogens (tertiary/aromatic N) is 1. The summed E-state index contributed by atoms with van der Waals surface area (Å²) < 4.78 is 46.2. The summed E-state index contributed by atoms with van der Waals surface area (Å²) in [7, 11) is 0. The smallest absolute Gasteiger partial charge is 0.316 e. The van der Waals surface area contributed by atoms with Crippen LogP contribution in [-0.4, -0.2) is 6.11 Å². The van der Waals surface area contributed by atoms with Gasteiger partial charge in [-0.1, -0.05) is 18.2 Å². The van der Waals surface area contributed by atoms with Crippen LogP contribution >= 0.6 is 0 Å².